The third-order valence-corrected chi connectivity index (χ3v) is 6.74. The van der Waals surface area contributed by atoms with Gasteiger partial charge in [-0.15, -0.1) is 0 Å². The number of carbonyl (C=O) groups is 1. The van der Waals surface area contributed by atoms with Crippen molar-refractivity contribution in [3.63, 3.8) is 0 Å². The van der Waals surface area contributed by atoms with Gasteiger partial charge in [0.25, 0.3) is 0 Å². The normalized spacial score (nSPS) is 33.1. The molecule has 2 bridgehead atoms. The fourth-order valence-corrected chi connectivity index (χ4v) is 5.55. The first-order valence-electron chi connectivity index (χ1n) is 9.00. The van der Waals surface area contributed by atoms with Gasteiger partial charge in [0.2, 0.25) is 0 Å². The Kier molecular flexibility index (Phi) is 3.08. The summed E-state index contributed by atoms with van der Waals surface area (Å²) < 4.78 is 5.76. The van der Waals surface area contributed by atoms with Crippen molar-refractivity contribution >= 4 is 5.97 Å². The molecular weight excluding hydrogens is 304 g/mol. The standard InChI is InChI=1S/C20H26O4/c1-10(2)11-8-12-13-9-14-19(3,4)6-5-7-20(14,18(23)24-13)15(12)17(22)16(11)21/h8,10,13-14,21-22H,5-7,9H2,1-4H3/t13?,14?,20-/m1/s1. The summed E-state index contributed by atoms with van der Waals surface area (Å²) in [6.45, 7) is 8.40. The highest BCUT2D eigenvalue weighted by Gasteiger charge is 2.65. The molecule has 0 amide bonds. The van der Waals surface area contributed by atoms with Crippen LogP contribution in [0.25, 0.3) is 0 Å². The molecule has 0 aromatic heterocycles. The molecule has 24 heavy (non-hydrogen) atoms. The first kappa shape index (κ1) is 15.8. The van der Waals surface area contributed by atoms with Crippen LogP contribution in [-0.4, -0.2) is 16.2 Å². The van der Waals surface area contributed by atoms with E-state index in [-0.39, 0.29) is 40.8 Å². The Morgan fingerprint density at radius 3 is 2.58 bits per heavy atom. The topological polar surface area (TPSA) is 66.8 Å². The Bertz CT molecular complexity index is 734. The van der Waals surface area contributed by atoms with E-state index >= 15 is 0 Å². The number of hydrogen-bond donors (Lipinski definition) is 2. The van der Waals surface area contributed by atoms with E-state index in [0.717, 1.165) is 30.4 Å². The minimum atomic E-state index is -0.803. The van der Waals surface area contributed by atoms with E-state index in [1.165, 1.54) is 0 Å². The van der Waals surface area contributed by atoms with E-state index in [0.29, 0.717) is 12.0 Å². The minimum absolute atomic E-state index is 0.0202. The van der Waals surface area contributed by atoms with Crippen molar-refractivity contribution in [2.45, 2.75) is 70.8 Å². The maximum atomic E-state index is 12.9. The quantitative estimate of drug-likeness (QED) is 0.595. The van der Waals surface area contributed by atoms with Crippen LogP contribution in [0.2, 0.25) is 0 Å². The van der Waals surface area contributed by atoms with Crippen molar-refractivity contribution in [3.8, 4) is 11.5 Å². The lowest BCUT2D eigenvalue weighted by Gasteiger charge is -2.58. The SMILES string of the molecule is CC(C)c1cc2c(c(O)c1O)[C@@]13CCCC(C)(C)C1CC2OC3=O. The zero-order valence-corrected chi connectivity index (χ0v) is 14.8. The van der Waals surface area contributed by atoms with Crippen LogP contribution in [0.4, 0.5) is 0 Å². The molecule has 2 heterocycles. The second-order valence-electron chi connectivity index (χ2n) is 8.78. The molecule has 2 aliphatic carbocycles. The van der Waals surface area contributed by atoms with Crippen LogP contribution in [-0.2, 0) is 14.9 Å². The molecule has 2 aliphatic heterocycles. The first-order valence-corrected chi connectivity index (χ1v) is 9.00. The molecular formula is C20H26O4. The zero-order valence-electron chi connectivity index (χ0n) is 14.8. The third kappa shape index (κ3) is 1.72. The number of carbonyl (C=O) groups excluding carboxylic acids is 1. The van der Waals surface area contributed by atoms with E-state index in [4.69, 9.17) is 4.74 Å². The maximum Gasteiger partial charge on any atom is 0.317 e. The number of esters is 1. The number of aromatic hydroxyl groups is 2. The van der Waals surface area contributed by atoms with Crippen LogP contribution in [0.5, 0.6) is 11.5 Å². The lowest BCUT2D eigenvalue weighted by Crippen LogP contribution is -2.59. The molecule has 4 heteroatoms. The average molecular weight is 330 g/mol. The van der Waals surface area contributed by atoms with Crippen molar-refractivity contribution in [1.82, 2.24) is 0 Å². The van der Waals surface area contributed by atoms with Crippen molar-refractivity contribution in [2.24, 2.45) is 11.3 Å². The second-order valence-corrected chi connectivity index (χ2v) is 8.78. The van der Waals surface area contributed by atoms with Crippen LogP contribution < -0.4 is 0 Å². The molecule has 1 saturated carbocycles. The third-order valence-electron chi connectivity index (χ3n) is 6.74. The summed E-state index contributed by atoms with van der Waals surface area (Å²) >= 11 is 0. The van der Waals surface area contributed by atoms with E-state index in [2.05, 4.69) is 13.8 Å². The number of hydrogen-bond acceptors (Lipinski definition) is 4. The van der Waals surface area contributed by atoms with Gasteiger partial charge in [-0.2, -0.15) is 0 Å². The molecule has 4 aliphatic rings. The van der Waals surface area contributed by atoms with Gasteiger partial charge in [0.15, 0.2) is 11.5 Å². The molecule has 1 saturated heterocycles. The molecule has 0 radical (unpaired) electrons. The molecule has 3 atom stereocenters. The predicted molar refractivity (Wildman–Crippen MR) is 90.1 cm³/mol. The molecule has 1 aromatic carbocycles. The second kappa shape index (κ2) is 4.68. The number of phenolic OH excluding ortho intramolecular Hbond substituents is 2. The summed E-state index contributed by atoms with van der Waals surface area (Å²) in [5.74, 6) is -0.141. The highest BCUT2D eigenvalue weighted by atomic mass is 16.5. The van der Waals surface area contributed by atoms with E-state index in [9.17, 15) is 15.0 Å². The molecule has 1 aromatic rings. The first-order chi connectivity index (χ1) is 11.2. The lowest BCUT2D eigenvalue weighted by molar-refractivity contribution is -0.185. The summed E-state index contributed by atoms with van der Waals surface area (Å²) in [5, 5.41) is 21.4. The van der Waals surface area contributed by atoms with Crippen LogP contribution in [0.1, 0.15) is 82.1 Å². The summed E-state index contributed by atoms with van der Waals surface area (Å²) in [4.78, 5) is 12.9. The Balaban J connectivity index is 2.02. The van der Waals surface area contributed by atoms with Crippen molar-refractivity contribution in [2.75, 3.05) is 0 Å². The van der Waals surface area contributed by atoms with Gasteiger partial charge in [0.1, 0.15) is 11.5 Å². The smallest absolute Gasteiger partial charge is 0.317 e. The number of fused-ring (bicyclic) bond motifs is 1. The number of rotatable bonds is 1. The molecule has 5 rings (SSSR count). The van der Waals surface area contributed by atoms with Crippen LogP contribution in [0.15, 0.2) is 6.07 Å². The van der Waals surface area contributed by atoms with Crippen LogP contribution >= 0.6 is 0 Å². The molecule has 2 unspecified atom stereocenters. The maximum absolute atomic E-state index is 12.9. The summed E-state index contributed by atoms with van der Waals surface area (Å²) in [5.41, 5.74) is 1.49. The van der Waals surface area contributed by atoms with Crippen molar-refractivity contribution in [3.05, 3.63) is 22.8 Å². The van der Waals surface area contributed by atoms with Gasteiger partial charge in [-0.3, -0.25) is 4.79 Å². The summed E-state index contributed by atoms with van der Waals surface area (Å²) in [7, 11) is 0. The number of phenols is 2. The van der Waals surface area contributed by atoms with Crippen LogP contribution in [0.3, 0.4) is 0 Å². The average Bonchev–Trinajstić information content (AvgIpc) is 2.50. The van der Waals surface area contributed by atoms with Gasteiger partial charge in [0.05, 0.1) is 0 Å². The highest BCUT2D eigenvalue weighted by Crippen LogP contribution is 2.66. The van der Waals surface area contributed by atoms with Gasteiger partial charge < -0.3 is 14.9 Å². The molecule has 2 N–H and O–H groups in total. The number of ether oxygens (including phenoxy) is 1. The predicted octanol–water partition coefficient (Wildman–Crippen LogP) is 4.29. The fourth-order valence-electron chi connectivity index (χ4n) is 5.55. The Morgan fingerprint density at radius 1 is 1.21 bits per heavy atom. The van der Waals surface area contributed by atoms with E-state index < -0.39 is 5.41 Å². The Labute approximate surface area is 142 Å². The largest absolute Gasteiger partial charge is 0.504 e. The van der Waals surface area contributed by atoms with Gasteiger partial charge in [-0.25, -0.2) is 0 Å². The lowest BCUT2D eigenvalue weighted by atomic mass is 9.47. The van der Waals surface area contributed by atoms with Gasteiger partial charge in [-0.05, 0) is 42.6 Å². The zero-order chi connectivity index (χ0) is 17.4. The minimum Gasteiger partial charge on any atom is -0.504 e. The van der Waals surface area contributed by atoms with Crippen molar-refractivity contribution < 1.29 is 19.7 Å². The van der Waals surface area contributed by atoms with Gasteiger partial charge in [-0.1, -0.05) is 34.1 Å². The summed E-state index contributed by atoms with van der Waals surface area (Å²) in [6, 6.07) is 1.95. The monoisotopic (exact) mass is 330 g/mol. The molecule has 130 valence electrons. The van der Waals surface area contributed by atoms with Gasteiger partial charge in [0, 0.05) is 16.7 Å². The van der Waals surface area contributed by atoms with E-state index in [1.54, 1.807) is 0 Å². The summed E-state index contributed by atoms with van der Waals surface area (Å²) in [6.07, 6.45) is 3.20. The van der Waals surface area contributed by atoms with E-state index in [1.807, 2.05) is 19.9 Å². The fraction of sp³-hybridized carbons (Fsp3) is 0.650. The van der Waals surface area contributed by atoms with Crippen LogP contribution in [0, 0.1) is 11.3 Å². The highest BCUT2D eigenvalue weighted by molar-refractivity contribution is 5.89. The Hall–Kier alpha value is -1.71. The molecule has 1 spiro atoms. The number of benzene rings is 1. The van der Waals surface area contributed by atoms with Gasteiger partial charge >= 0.3 is 5.97 Å². The van der Waals surface area contributed by atoms with Crippen molar-refractivity contribution in [1.29, 1.82) is 0 Å². The molecule has 2 fully saturated rings. The Morgan fingerprint density at radius 2 is 1.92 bits per heavy atom. The molecule has 4 nitrogen and oxygen atoms in total.